The Hall–Kier alpha value is -1.35. The van der Waals surface area contributed by atoms with E-state index in [-0.39, 0.29) is 23.6 Å². The number of alkyl halides is 4. The molecule has 0 fully saturated rings. The molecule has 20 heavy (non-hydrogen) atoms. The van der Waals surface area contributed by atoms with Gasteiger partial charge in [-0.1, -0.05) is 0 Å². The lowest BCUT2D eigenvalue weighted by Gasteiger charge is -2.03. The summed E-state index contributed by atoms with van der Waals surface area (Å²) in [7, 11) is -3.80. The molecule has 10 heteroatoms. The molecule has 5 nitrogen and oxygen atoms in total. The molecule has 0 aliphatic heterocycles. The Bertz CT molecular complexity index is 727. The van der Waals surface area contributed by atoms with E-state index in [1.54, 1.807) is 0 Å². The standard InChI is InChI=1S/C10H9ClF3N3O2S/c11-2-1-5-20(18,19)9-7-6-8(10(12,13)14)16-17(7)4-3-15-9/h3-4,6H,1-2,5H2. The Labute approximate surface area is 117 Å². The predicted molar refractivity (Wildman–Crippen MR) is 65.4 cm³/mol. The fourth-order valence-electron chi connectivity index (χ4n) is 1.62. The van der Waals surface area contributed by atoms with Crippen molar-refractivity contribution in [3.05, 3.63) is 24.2 Å². The summed E-state index contributed by atoms with van der Waals surface area (Å²) >= 11 is 5.43. The van der Waals surface area contributed by atoms with Crippen molar-refractivity contribution in [3.8, 4) is 0 Å². The molecular weight excluding hydrogens is 319 g/mol. The third kappa shape index (κ3) is 2.88. The molecule has 0 N–H and O–H groups in total. The van der Waals surface area contributed by atoms with Gasteiger partial charge in [-0.2, -0.15) is 18.3 Å². The number of fused-ring (bicyclic) bond motifs is 1. The molecule has 0 unspecified atom stereocenters. The van der Waals surface area contributed by atoms with Crippen molar-refractivity contribution in [2.45, 2.75) is 17.6 Å². The van der Waals surface area contributed by atoms with Crippen molar-refractivity contribution in [2.24, 2.45) is 0 Å². The minimum Gasteiger partial charge on any atom is -0.241 e. The van der Waals surface area contributed by atoms with Gasteiger partial charge in [-0.05, 0) is 12.5 Å². The molecule has 0 aromatic carbocycles. The highest BCUT2D eigenvalue weighted by molar-refractivity contribution is 7.91. The second kappa shape index (κ2) is 5.21. The van der Waals surface area contributed by atoms with Crippen LogP contribution in [0.2, 0.25) is 0 Å². The molecule has 0 saturated heterocycles. The van der Waals surface area contributed by atoms with E-state index in [9.17, 15) is 21.6 Å². The molecule has 0 spiro atoms. The molecule has 2 aromatic heterocycles. The number of rotatable bonds is 4. The van der Waals surface area contributed by atoms with E-state index < -0.39 is 26.7 Å². The Balaban J connectivity index is 2.58. The Morgan fingerprint density at radius 3 is 2.65 bits per heavy atom. The second-order valence-electron chi connectivity index (χ2n) is 3.95. The van der Waals surface area contributed by atoms with E-state index in [1.807, 2.05) is 0 Å². The largest absolute Gasteiger partial charge is 0.435 e. The third-order valence-electron chi connectivity index (χ3n) is 2.49. The average Bonchev–Trinajstić information content (AvgIpc) is 2.79. The van der Waals surface area contributed by atoms with Gasteiger partial charge in [0.2, 0.25) is 0 Å². The minimum atomic E-state index is -4.65. The predicted octanol–water partition coefficient (Wildman–Crippen LogP) is 2.15. The van der Waals surface area contributed by atoms with E-state index in [2.05, 4.69) is 10.1 Å². The fraction of sp³-hybridized carbons (Fsp3) is 0.400. The summed E-state index contributed by atoms with van der Waals surface area (Å²) in [5.74, 6) is -0.148. The minimum absolute atomic E-state index is 0.134. The van der Waals surface area contributed by atoms with Crippen LogP contribution in [0.5, 0.6) is 0 Å². The first-order valence-corrected chi connectivity index (χ1v) is 7.65. The summed E-state index contributed by atoms with van der Waals surface area (Å²) in [6.45, 7) is 0. The number of sulfone groups is 1. The van der Waals surface area contributed by atoms with Crippen molar-refractivity contribution < 1.29 is 21.6 Å². The molecule has 0 atom stereocenters. The normalized spacial score (nSPS) is 13.0. The van der Waals surface area contributed by atoms with E-state index in [1.165, 1.54) is 0 Å². The molecule has 2 heterocycles. The van der Waals surface area contributed by atoms with Gasteiger partial charge in [0.1, 0.15) is 5.52 Å². The Morgan fingerprint density at radius 1 is 1.35 bits per heavy atom. The molecular formula is C10H9ClF3N3O2S. The number of halogens is 4. The summed E-state index contributed by atoms with van der Waals surface area (Å²) < 4.78 is 62.7. The van der Waals surface area contributed by atoms with Crippen LogP contribution in [-0.2, 0) is 16.0 Å². The van der Waals surface area contributed by atoms with Crippen LogP contribution in [0, 0.1) is 0 Å². The van der Waals surface area contributed by atoms with E-state index in [0.29, 0.717) is 6.07 Å². The highest BCUT2D eigenvalue weighted by Crippen LogP contribution is 2.30. The summed E-state index contributed by atoms with van der Waals surface area (Å²) in [5, 5.41) is 2.88. The summed E-state index contributed by atoms with van der Waals surface area (Å²) in [6.07, 6.45) is -2.21. The first kappa shape index (κ1) is 15.0. The highest BCUT2D eigenvalue weighted by Gasteiger charge is 2.35. The zero-order valence-electron chi connectivity index (χ0n) is 9.93. The van der Waals surface area contributed by atoms with E-state index in [0.717, 1.165) is 16.9 Å². The molecule has 2 aromatic rings. The fourth-order valence-corrected chi connectivity index (χ4v) is 3.32. The number of hydrogen-bond acceptors (Lipinski definition) is 4. The first-order chi connectivity index (χ1) is 9.25. The zero-order chi connectivity index (χ0) is 15.0. The highest BCUT2D eigenvalue weighted by atomic mass is 35.5. The van der Waals surface area contributed by atoms with Crippen LogP contribution in [0.4, 0.5) is 13.2 Å². The number of aromatic nitrogens is 3. The van der Waals surface area contributed by atoms with E-state index >= 15 is 0 Å². The van der Waals surface area contributed by atoms with Gasteiger partial charge in [-0.3, -0.25) is 0 Å². The van der Waals surface area contributed by atoms with Crippen LogP contribution in [0.15, 0.2) is 23.5 Å². The van der Waals surface area contributed by atoms with Gasteiger partial charge < -0.3 is 0 Å². The average molecular weight is 328 g/mol. The van der Waals surface area contributed by atoms with Crippen LogP contribution in [0.1, 0.15) is 12.1 Å². The van der Waals surface area contributed by atoms with E-state index in [4.69, 9.17) is 11.6 Å². The number of hydrogen-bond donors (Lipinski definition) is 0. The van der Waals surface area contributed by atoms with Gasteiger partial charge in [0, 0.05) is 18.3 Å². The molecule has 0 aliphatic carbocycles. The zero-order valence-corrected chi connectivity index (χ0v) is 11.5. The summed E-state index contributed by atoms with van der Waals surface area (Å²) in [6, 6.07) is 0.667. The lowest BCUT2D eigenvalue weighted by molar-refractivity contribution is -0.141. The topological polar surface area (TPSA) is 64.3 Å². The molecule has 0 amide bonds. The molecule has 2 rings (SSSR count). The second-order valence-corrected chi connectivity index (χ2v) is 6.35. The van der Waals surface area contributed by atoms with Gasteiger partial charge in [0.05, 0.1) is 5.75 Å². The monoisotopic (exact) mass is 327 g/mol. The van der Waals surface area contributed by atoms with Crippen molar-refractivity contribution in [3.63, 3.8) is 0 Å². The van der Waals surface area contributed by atoms with Crippen LogP contribution in [0.3, 0.4) is 0 Å². The molecule has 0 saturated carbocycles. The van der Waals surface area contributed by atoms with Crippen molar-refractivity contribution >= 4 is 27.0 Å². The molecule has 0 bridgehead atoms. The van der Waals surface area contributed by atoms with Crippen LogP contribution < -0.4 is 0 Å². The lowest BCUT2D eigenvalue weighted by atomic mass is 10.4. The maximum absolute atomic E-state index is 12.6. The van der Waals surface area contributed by atoms with Gasteiger partial charge in [0.15, 0.2) is 20.6 Å². The van der Waals surface area contributed by atoms with Crippen molar-refractivity contribution in [2.75, 3.05) is 11.6 Å². The Kier molecular flexibility index (Phi) is 3.92. The number of nitrogens with zero attached hydrogens (tertiary/aromatic N) is 3. The summed E-state index contributed by atoms with van der Waals surface area (Å²) in [5.41, 5.74) is -1.37. The maximum atomic E-state index is 12.6. The SMILES string of the molecule is O=S(=O)(CCCCl)c1nccn2nc(C(F)(F)F)cc12. The van der Waals surface area contributed by atoms with Crippen LogP contribution >= 0.6 is 11.6 Å². The third-order valence-corrected chi connectivity index (χ3v) is 4.48. The summed E-state index contributed by atoms with van der Waals surface area (Å²) in [4.78, 5) is 3.67. The van der Waals surface area contributed by atoms with Crippen LogP contribution in [0.25, 0.3) is 5.52 Å². The molecule has 0 aliphatic rings. The lowest BCUT2D eigenvalue weighted by Crippen LogP contribution is -2.11. The first-order valence-electron chi connectivity index (χ1n) is 5.46. The Morgan fingerprint density at radius 2 is 2.05 bits per heavy atom. The van der Waals surface area contributed by atoms with Gasteiger partial charge in [0.25, 0.3) is 0 Å². The van der Waals surface area contributed by atoms with Gasteiger partial charge >= 0.3 is 6.18 Å². The van der Waals surface area contributed by atoms with Crippen LogP contribution in [-0.4, -0.2) is 34.6 Å². The molecule has 110 valence electrons. The van der Waals surface area contributed by atoms with Gasteiger partial charge in [-0.15, -0.1) is 11.6 Å². The van der Waals surface area contributed by atoms with Gasteiger partial charge in [-0.25, -0.2) is 17.9 Å². The van der Waals surface area contributed by atoms with Crippen molar-refractivity contribution in [1.82, 2.24) is 14.6 Å². The quantitative estimate of drug-likeness (QED) is 0.807. The maximum Gasteiger partial charge on any atom is 0.435 e. The smallest absolute Gasteiger partial charge is 0.241 e. The van der Waals surface area contributed by atoms with Crippen molar-refractivity contribution in [1.29, 1.82) is 0 Å². The molecule has 0 radical (unpaired) electrons.